The van der Waals surface area contributed by atoms with Crippen LogP contribution in [0.15, 0.2) is 40.9 Å². The topological polar surface area (TPSA) is 40.5 Å². The van der Waals surface area contributed by atoms with Crippen LogP contribution >= 0.6 is 27.3 Å². The van der Waals surface area contributed by atoms with E-state index in [1.165, 1.54) is 15.3 Å². The molecule has 0 amide bonds. The van der Waals surface area contributed by atoms with Crippen molar-refractivity contribution in [3.8, 4) is 0 Å². The summed E-state index contributed by atoms with van der Waals surface area (Å²) in [6.07, 6.45) is 1.71. The molecule has 1 N–H and O–H groups in total. The van der Waals surface area contributed by atoms with Crippen LogP contribution in [0.25, 0.3) is 0 Å². The molecule has 0 aliphatic carbocycles. The number of hydrogen-bond acceptors (Lipinski definition) is 3. The van der Waals surface area contributed by atoms with Gasteiger partial charge in [-0.1, -0.05) is 28.1 Å². The van der Waals surface area contributed by atoms with Gasteiger partial charge in [-0.3, -0.25) is 9.69 Å². The van der Waals surface area contributed by atoms with E-state index in [0.717, 1.165) is 23.9 Å². The molecule has 0 spiro atoms. The Morgan fingerprint density at radius 2 is 2.22 bits per heavy atom. The van der Waals surface area contributed by atoms with Crippen LogP contribution in [0.2, 0.25) is 0 Å². The molecule has 0 bridgehead atoms. The summed E-state index contributed by atoms with van der Waals surface area (Å²) in [6, 6.07) is 12.8. The molecule has 5 heteroatoms. The Morgan fingerprint density at radius 3 is 2.87 bits per heavy atom. The number of nitrogens with zero attached hydrogens (tertiary/aromatic N) is 1. The van der Waals surface area contributed by atoms with Crippen LogP contribution in [0.4, 0.5) is 0 Å². The number of rotatable bonds is 4. The average molecular weight is 394 g/mol. The second kappa shape index (κ2) is 7.16. The molecule has 1 aliphatic rings. The lowest BCUT2D eigenvalue weighted by molar-refractivity contribution is -0.143. The summed E-state index contributed by atoms with van der Waals surface area (Å²) in [7, 11) is 0. The summed E-state index contributed by atoms with van der Waals surface area (Å²) in [5, 5.41) is 9.40. The highest BCUT2D eigenvalue weighted by molar-refractivity contribution is 9.10. The number of piperidine rings is 1. The second-order valence-corrected chi connectivity index (χ2v) is 8.31. The van der Waals surface area contributed by atoms with Gasteiger partial charge in [-0.2, -0.15) is 0 Å². The monoisotopic (exact) mass is 393 g/mol. The standard InChI is InChI=1S/C18H20BrNO2S/c1-12-7-8-16(23-12)17(13-4-2-6-15(19)10-13)20-9-3-5-14(11-20)18(21)22/h2,4,6-8,10,14,17H,3,5,9,11H2,1H3,(H,21,22). The Bertz CT molecular complexity index is 700. The molecule has 1 aliphatic heterocycles. The Morgan fingerprint density at radius 1 is 1.39 bits per heavy atom. The zero-order valence-corrected chi connectivity index (χ0v) is 15.4. The van der Waals surface area contributed by atoms with Gasteiger partial charge in [-0.15, -0.1) is 11.3 Å². The van der Waals surface area contributed by atoms with Crippen molar-refractivity contribution < 1.29 is 9.90 Å². The maximum absolute atomic E-state index is 11.4. The lowest BCUT2D eigenvalue weighted by atomic mass is 9.94. The summed E-state index contributed by atoms with van der Waals surface area (Å²) >= 11 is 5.35. The molecule has 1 saturated heterocycles. The van der Waals surface area contributed by atoms with Gasteiger partial charge in [0, 0.05) is 20.8 Å². The minimum atomic E-state index is -0.676. The Labute approximate surface area is 149 Å². The van der Waals surface area contributed by atoms with Crippen molar-refractivity contribution in [3.63, 3.8) is 0 Å². The highest BCUT2D eigenvalue weighted by Crippen LogP contribution is 2.36. The quantitative estimate of drug-likeness (QED) is 0.817. The molecule has 3 rings (SSSR count). The van der Waals surface area contributed by atoms with Crippen LogP contribution in [0.3, 0.4) is 0 Å². The first-order valence-electron chi connectivity index (χ1n) is 7.83. The van der Waals surface area contributed by atoms with E-state index >= 15 is 0 Å². The van der Waals surface area contributed by atoms with Gasteiger partial charge in [0.1, 0.15) is 0 Å². The van der Waals surface area contributed by atoms with Gasteiger partial charge >= 0.3 is 5.97 Å². The summed E-state index contributed by atoms with van der Waals surface area (Å²) in [5.41, 5.74) is 1.22. The van der Waals surface area contributed by atoms with E-state index in [1.807, 2.05) is 12.1 Å². The first-order valence-corrected chi connectivity index (χ1v) is 9.44. The molecular formula is C18H20BrNO2S. The number of thiophene rings is 1. The van der Waals surface area contributed by atoms with Crippen molar-refractivity contribution in [3.05, 3.63) is 56.2 Å². The molecule has 0 saturated carbocycles. The molecule has 2 unspecified atom stereocenters. The third-order valence-corrected chi connectivity index (χ3v) is 5.91. The van der Waals surface area contributed by atoms with Gasteiger partial charge < -0.3 is 5.11 Å². The van der Waals surface area contributed by atoms with Crippen molar-refractivity contribution in [1.29, 1.82) is 0 Å². The number of aryl methyl sites for hydroxylation is 1. The number of benzene rings is 1. The molecule has 23 heavy (non-hydrogen) atoms. The molecule has 1 aromatic carbocycles. The highest BCUT2D eigenvalue weighted by atomic mass is 79.9. The average Bonchev–Trinajstić information content (AvgIpc) is 2.94. The van der Waals surface area contributed by atoms with Crippen LogP contribution in [0, 0.1) is 12.8 Å². The Balaban J connectivity index is 1.96. The predicted molar refractivity (Wildman–Crippen MR) is 97.0 cm³/mol. The second-order valence-electron chi connectivity index (χ2n) is 6.08. The first kappa shape index (κ1) is 16.7. The fraction of sp³-hybridized carbons (Fsp3) is 0.389. The van der Waals surface area contributed by atoms with Gasteiger partial charge in [0.15, 0.2) is 0 Å². The molecule has 2 atom stereocenters. The lowest BCUT2D eigenvalue weighted by Gasteiger charge is -2.37. The largest absolute Gasteiger partial charge is 0.481 e. The summed E-state index contributed by atoms with van der Waals surface area (Å²) in [5.74, 6) is -0.940. The Kier molecular flexibility index (Phi) is 5.19. The van der Waals surface area contributed by atoms with E-state index in [0.29, 0.717) is 6.54 Å². The summed E-state index contributed by atoms with van der Waals surface area (Å²) < 4.78 is 1.06. The number of carboxylic acids is 1. The number of likely N-dealkylation sites (tertiary alicyclic amines) is 1. The molecule has 0 radical (unpaired) electrons. The van der Waals surface area contributed by atoms with Gasteiger partial charge in [0.05, 0.1) is 12.0 Å². The zero-order valence-electron chi connectivity index (χ0n) is 13.0. The Hall–Kier alpha value is -1.17. The fourth-order valence-electron chi connectivity index (χ4n) is 3.27. The minimum Gasteiger partial charge on any atom is -0.481 e. The van der Waals surface area contributed by atoms with Crippen LogP contribution in [0.1, 0.15) is 34.2 Å². The van der Waals surface area contributed by atoms with Crippen LogP contribution in [-0.4, -0.2) is 29.1 Å². The van der Waals surface area contributed by atoms with Crippen molar-refractivity contribution >= 4 is 33.2 Å². The number of aliphatic carboxylic acids is 1. The van der Waals surface area contributed by atoms with E-state index in [4.69, 9.17) is 0 Å². The summed E-state index contributed by atoms with van der Waals surface area (Å²) in [4.78, 5) is 16.3. The third-order valence-electron chi connectivity index (χ3n) is 4.36. The van der Waals surface area contributed by atoms with Gasteiger partial charge in [0.25, 0.3) is 0 Å². The molecule has 2 heterocycles. The van der Waals surface area contributed by atoms with E-state index in [1.54, 1.807) is 11.3 Å². The molecule has 3 nitrogen and oxygen atoms in total. The lowest BCUT2D eigenvalue weighted by Crippen LogP contribution is -2.41. The number of carboxylic acid groups (broad SMARTS) is 1. The molecule has 1 aromatic heterocycles. The first-order chi connectivity index (χ1) is 11.0. The van der Waals surface area contributed by atoms with Crippen molar-refractivity contribution in [2.45, 2.75) is 25.8 Å². The zero-order chi connectivity index (χ0) is 16.4. The molecule has 2 aromatic rings. The smallest absolute Gasteiger partial charge is 0.307 e. The normalized spacial score (nSPS) is 20.3. The van der Waals surface area contributed by atoms with Crippen molar-refractivity contribution in [2.24, 2.45) is 5.92 Å². The van der Waals surface area contributed by atoms with Gasteiger partial charge in [-0.05, 0) is 56.1 Å². The minimum absolute atomic E-state index is 0.133. The third kappa shape index (κ3) is 3.84. The van der Waals surface area contributed by atoms with E-state index in [-0.39, 0.29) is 12.0 Å². The predicted octanol–water partition coefficient (Wildman–Crippen LogP) is 4.71. The van der Waals surface area contributed by atoms with E-state index < -0.39 is 5.97 Å². The number of halogens is 1. The van der Waals surface area contributed by atoms with Crippen LogP contribution < -0.4 is 0 Å². The van der Waals surface area contributed by atoms with Gasteiger partial charge in [0.2, 0.25) is 0 Å². The van der Waals surface area contributed by atoms with Crippen LogP contribution in [0.5, 0.6) is 0 Å². The number of carbonyl (C=O) groups is 1. The van der Waals surface area contributed by atoms with Crippen LogP contribution in [-0.2, 0) is 4.79 Å². The van der Waals surface area contributed by atoms with E-state index in [9.17, 15) is 9.90 Å². The molecule has 1 fully saturated rings. The fourth-order valence-corrected chi connectivity index (χ4v) is 4.73. The summed E-state index contributed by atoms with van der Waals surface area (Å²) in [6.45, 7) is 3.67. The van der Waals surface area contributed by atoms with E-state index in [2.05, 4.69) is 52.0 Å². The molecule has 122 valence electrons. The highest BCUT2D eigenvalue weighted by Gasteiger charge is 2.31. The maximum atomic E-state index is 11.4. The number of hydrogen-bond donors (Lipinski definition) is 1. The SMILES string of the molecule is Cc1ccc(C(c2cccc(Br)c2)N2CCCC(C(=O)O)C2)s1. The van der Waals surface area contributed by atoms with Gasteiger partial charge in [-0.25, -0.2) is 0 Å². The van der Waals surface area contributed by atoms with Crippen molar-refractivity contribution in [1.82, 2.24) is 4.90 Å². The maximum Gasteiger partial charge on any atom is 0.307 e. The van der Waals surface area contributed by atoms with Crippen molar-refractivity contribution in [2.75, 3.05) is 13.1 Å². The molecular weight excluding hydrogens is 374 g/mol.